The number of hydrogen-bond donors (Lipinski definition) is 3. The number of anilines is 2. The van der Waals surface area contributed by atoms with E-state index in [9.17, 15) is 9.59 Å². The van der Waals surface area contributed by atoms with Crippen molar-refractivity contribution in [1.82, 2.24) is 5.32 Å². The van der Waals surface area contributed by atoms with E-state index in [4.69, 9.17) is 40.2 Å². The molecule has 0 aliphatic rings. The van der Waals surface area contributed by atoms with Crippen LogP contribution in [0.4, 0.5) is 11.4 Å². The van der Waals surface area contributed by atoms with Crippen LogP contribution < -0.4 is 20.7 Å². The van der Waals surface area contributed by atoms with Gasteiger partial charge in [-0.15, -0.1) is 0 Å². The molecule has 9 heteroatoms. The third-order valence-corrected chi connectivity index (χ3v) is 4.41. The molecule has 2 aromatic rings. The third kappa shape index (κ3) is 5.82. The number of carbonyl (C=O) groups excluding carboxylic acids is 2. The molecule has 0 saturated carbocycles. The first-order valence-corrected chi connectivity index (χ1v) is 9.44. The van der Waals surface area contributed by atoms with Gasteiger partial charge in [0.1, 0.15) is 5.75 Å². The Hall–Kier alpha value is -2.35. The van der Waals surface area contributed by atoms with Gasteiger partial charge in [-0.1, -0.05) is 37.0 Å². The van der Waals surface area contributed by atoms with Crippen molar-refractivity contribution in [2.45, 2.75) is 13.8 Å². The molecule has 0 bridgehead atoms. The predicted octanol–water partition coefficient (Wildman–Crippen LogP) is 4.72. The highest BCUT2D eigenvalue weighted by atomic mass is 35.5. The third-order valence-electron chi connectivity index (χ3n) is 3.64. The van der Waals surface area contributed by atoms with Gasteiger partial charge in [0.15, 0.2) is 5.11 Å². The highest BCUT2D eigenvalue weighted by molar-refractivity contribution is 7.80. The summed E-state index contributed by atoms with van der Waals surface area (Å²) in [5.74, 6) is -0.326. The lowest BCUT2D eigenvalue weighted by Gasteiger charge is -2.15. The molecule has 0 atom stereocenters. The molecule has 0 radical (unpaired) electrons. The quantitative estimate of drug-likeness (QED) is 0.587. The monoisotopic (exact) mass is 439 g/mol. The number of ether oxygens (including phenoxy) is 1. The summed E-state index contributed by atoms with van der Waals surface area (Å²) in [6.07, 6.45) is 0. The number of benzene rings is 2. The Bertz CT molecular complexity index is 919. The molecule has 148 valence electrons. The van der Waals surface area contributed by atoms with Crippen molar-refractivity contribution in [2.75, 3.05) is 17.7 Å². The van der Waals surface area contributed by atoms with Crippen LogP contribution in [0, 0.1) is 5.92 Å². The summed E-state index contributed by atoms with van der Waals surface area (Å²) in [6.45, 7) is 3.59. The average molecular weight is 440 g/mol. The Morgan fingerprint density at radius 2 is 1.79 bits per heavy atom. The van der Waals surface area contributed by atoms with Crippen LogP contribution in [-0.2, 0) is 4.79 Å². The summed E-state index contributed by atoms with van der Waals surface area (Å²) in [6, 6.07) is 9.61. The zero-order chi connectivity index (χ0) is 20.8. The summed E-state index contributed by atoms with van der Waals surface area (Å²) in [5, 5.41) is 8.93. The van der Waals surface area contributed by atoms with Crippen molar-refractivity contribution in [3.63, 3.8) is 0 Å². The maximum atomic E-state index is 12.3. The number of halogens is 2. The van der Waals surface area contributed by atoms with Crippen LogP contribution in [0.2, 0.25) is 10.0 Å². The van der Waals surface area contributed by atoms with Gasteiger partial charge in [0.05, 0.1) is 23.4 Å². The Morgan fingerprint density at radius 3 is 2.43 bits per heavy atom. The zero-order valence-corrected chi connectivity index (χ0v) is 17.8. The lowest BCUT2D eigenvalue weighted by molar-refractivity contribution is -0.118. The minimum absolute atomic E-state index is 0.0714. The Morgan fingerprint density at radius 1 is 1.07 bits per heavy atom. The van der Waals surface area contributed by atoms with Gasteiger partial charge in [-0.25, -0.2) is 0 Å². The highest BCUT2D eigenvalue weighted by Crippen LogP contribution is 2.28. The molecular weight excluding hydrogens is 421 g/mol. The van der Waals surface area contributed by atoms with E-state index in [0.29, 0.717) is 22.1 Å². The Balaban J connectivity index is 2.08. The minimum Gasteiger partial charge on any atom is -0.494 e. The maximum absolute atomic E-state index is 12.3. The number of rotatable bonds is 5. The van der Waals surface area contributed by atoms with Gasteiger partial charge in [-0.3, -0.25) is 14.9 Å². The summed E-state index contributed by atoms with van der Waals surface area (Å²) in [7, 11) is 1.49. The molecule has 0 fully saturated rings. The molecule has 0 aromatic heterocycles. The average Bonchev–Trinajstić information content (AvgIpc) is 2.64. The fourth-order valence-electron chi connectivity index (χ4n) is 2.15. The van der Waals surface area contributed by atoms with Crippen LogP contribution in [0.5, 0.6) is 5.75 Å². The second-order valence-electron chi connectivity index (χ2n) is 6.09. The number of methoxy groups -OCH3 is 1. The molecule has 2 rings (SSSR count). The first-order chi connectivity index (χ1) is 13.2. The van der Waals surface area contributed by atoms with Gasteiger partial charge in [-0.2, -0.15) is 0 Å². The Labute approximate surface area is 178 Å². The molecule has 0 heterocycles. The fourth-order valence-corrected chi connectivity index (χ4v) is 2.74. The molecule has 28 heavy (non-hydrogen) atoms. The summed E-state index contributed by atoms with van der Waals surface area (Å²) >= 11 is 17.1. The first-order valence-electron chi connectivity index (χ1n) is 8.27. The van der Waals surface area contributed by atoms with E-state index in [1.165, 1.54) is 19.2 Å². The second-order valence-corrected chi connectivity index (χ2v) is 7.34. The number of carbonyl (C=O) groups is 2. The van der Waals surface area contributed by atoms with Crippen molar-refractivity contribution in [3.05, 3.63) is 52.0 Å². The van der Waals surface area contributed by atoms with Gasteiger partial charge in [-0.05, 0) is 42.5 Å². The molecular formula is C19H19Cl2N3O3S. The van der Waals surface area contributed by atoms with Gasteiger partial charge >= 0.3 is 0 Å². The van der Waals surface area contributed by atoms with E-state index in [-0.39, 0.29) is 27.5 Å². The molecule has 0 unspecified atom stereocenters. The number of amides is 2. The first kappa shape index (κ1) is 21.9. The maximum Gasteiger partial charge on any atom is 0.258 e. The Kier molecular flexibility index (Phi) is 7.62. The predicted molar refractivity (Wildman–Crippen MR) is 117 cm³/mol. The molecule has 0 aliphatic carbocycles. The van der Waals surface area contributed by atoms with Crippen LogP contribution in [0.3, 0.4) is 0 Å². The van der Waals surface area contributed by atoms with Crippen LogP contribution in [0.1, 0.15) is 24.2 Å². The minimum atomic E-state index is -0.488. The van der Waals surface area contributed by atoms with Gasteiger partial charge in [0.25, 0.3) is 5.91 Å². The van der Waals surface area contributed by atoms with Crippen LogP contribution in [0.25, 0.3) is 0 Å². The molecule has 0 spiro atoms. The van der Waals surface area contributed by atoms with E-state index in [1.54, 1.807) is 38.1 Å². The summed E-state index contributed by atoms with van der Waals surface area (Å²) in [4.78, 5) is 24.2. The molecule has 0 saturated heterocycles. The number of nitrogens with one attached hydrogen (secondary N) is 3. The molecule has 2 amide bonds. The molecule has 6 nitrogen and oxygen atoms in total. The van der Waals surface area contributed by atoms with Crippen molar-refractivity contribution < 1.29 is 14.3 Å². The lowest BCUT2D eigenvalue weighted by atomic mass is 10.2. The SMILES string of the molecule is COc1cc(NC(=S)NC(=O)c2cc(Cl)ccc2Cl)ccc1NC(=O)C(C)C. The second kappa shape index (κ2) is 9.73. The van der Waals surface area contributed by atoms with E-state index < -0.39 is 5.91 Å². The highest BCUT2D eigenvalue weighted by Gasteiger charge is 2.14. The number of thiocarbonyl (C=S) groups is 1. The smallest absolute Gasteiger partial charge is 0.258 e. The normalized spacial score (nSPS) is 10.4. The van der Waals surface area contributed by atoms with E-state index >= 15 is 0 Å². The van der Waals surface area contributed by atoms with E-state index in [1.807, 2.05) is 0 Å². The summed E-state index contributed by atoms with van der Waals surface area (Å²) in [5.41, 5.74) is 1.32. The van der Waals surface area contributed by atoms with Crippen molar-refractivity contribution >= 4 is 63.7 Å². The van der Waals surface area contributed by atoms with Gasteiger partial charge in [0, 0.05) is 22.7 Å². The van der Waals surface area contributed by atoms with Crippen LogP contribution in [-0.4, -0.2) is 24.0 Å². The fraction of sp³-hybridized carbons (Fsp3) is 0.211. The lowest BCUT2D eigenvalue weighted by Crippen LogP contribution is -2.34. The van der Waals surface area contributed by atoms with E-state index in [0.717, 1.165) is 0 Å². The van der Waals surface area contributed by atoms with E-state index in [2.05, 4.69) is 16.0 Å². The molecule has 0 aliphatic heterocycles. The van der Waals surface area contributed by atoms with Crippen molar-refractivity contribution in [3.8, 4) is 5.75 Å². The largest absolute Gasteiger partial charge is 0.494 e. The number of hydrogen-bond acceptors (Lipinski definition) is 4. The standard InChI is InChI=1S/C19H19Cl2N3O3S/c1-10(2)17(25)23-15-7-5-12(9-16(15)27-3)22-19(28)24-18(26)13-8-11(20)4-6-14(13)21/h4-10H,1-3H3,(H,23,25)(H2,22,24,26,28). The topological polar surface area (TPSA) is 79.5 Å². The summed E-state index contributed by atoms with van der Waals surface area (Å²) < 4.78 is 5.31. The van der Waals surface area contributed by atoms with Gasteiger partial charge in [0.2, 0.25) is 5.91 Å². The van der Waals surface area contributed by atoms with Crippen LogP contribution >= 0.6 is 35.4 Å². The van der Waals surface area contributed by atoms with Crippen molar-refractivity contribution in [2.24, 2.45) is 5.92 Å². The van der Waals surface area contributed by atoms with Crippen molar-refractivity contribution in [1.29, 1.82) is 0 Å². The van der Waals surface area contributed by atoms with Gasteiger partial charge < -0.3 is 15.4 Å². The molecule has 3 N–H and O–H groups in total. The molecule has 2 aromatic carbocycles. The van der Waals surface area contributed by atoms with Crippen LogP contribution in [0.15, 0.2) is 36.4 Å². The zero-order valence-electron chi connectivity index (χ0n) is 15.4.